The molecule has 8 nitrogen and oxygen atoms in total. The van der Waals surface area contributed by atoms with E-state index in [1.165, 1.54) is 0 Å². The summed E-state index contributed by atoms with van der Waals surface area (Å²) in [5.74, 6) is -0.701. The first-order chi connectivity index (χ1) is 15.7. The van der Waals surface area contributed by atoms with Crippen LogP contribution in [-0.2, 0) is 37.2 Å². The molecule has 0 saturated carbocycles. The van der Waals surface area contributed by atoms with Crippen molar-refractivity contribution in [2.75, 3.05) is 33.0 Å². The van der Waals surface area contributed by atoms with E-state index in [2.05, 4.69) is 13.2 Å². The maximum absolute atomic E-state index is 12.6. The minimum atomic E-state index is -3.52. The number of hydrogen-bond acceptors (Lipinski definition) is 8. The number of unbranched alkanes of at least 4 members (excludes halogenated alkanes) is 8. The molecule has 0 rings (SSSR count). The van der Waals surface area contributed by atoms with Gasteiger partial charge < -0.3 is 9.47 Å². The van der Waals surface area contributed by atoms with Crippen LogP contribution in [0.4, 0.5) is 0 Å². The van der Waals surface area contributed by atoms with Gasteiger partial charge in [-0.05, 0) is 46.5 Å². The number of phosphoric ester groups is 1. The number of carbonyl (C=O) groups is 2. The lowest BCUT2D eigenvalue weighted by Gasteiger charge is -2.17. The Morgan fingerprint density at radius 1 is 0.606 bits per heavy atom. The summed E-state index contributed by atoms with van der Waals surface area (Å²) in [5.41, 5.74) is 0.818. The smallest absolute Gasteiger partial charge is 0.462 e. The molecule has 0 atom stereocenters. The van der Waals surface area contributed by atoms with Gasteiger partial charge in [-0.2, -0.15) is 0 Å². The molecule has 0 aliphatic rings. The number of rotatable bonds is 22. The van der Waals surface area contributed by atoms with Gasteiger partial charge >= 0.3 is 19.8 Å². The number of ether oxygens (including phenoxy) is 2. The van der Waals surface area contributed by atoms with Gasteiger partial charge in [0.15, 0.2) is 0 Å². The van der Waals surface area contributed by atoms with Crippen molar-refractivity contribution in [3.8, 4) is 0 Å². The summed E-state index contributed by atoms with van der Waals surface area (Å²) >= 11 is 0. The van der Waals surface area contributed by atoms with Crippen LogP contribution in [0.2, 0.25) is 0 Å². The molecule has 0 saturated heterocycles. The summed E-state index contributed by atoms with van der Waals surface area (Å²) in [7, 11) is -3.52. The highest BCUT2D eigenvalue weighted by Gasteiger charge is 2.25. The summed E-state index contributed by atoms with van der Waals surface area (Å²) in [4.78, 5) is 22.5. The summed E-state index contributed by atoms with van der Waals surface area (Å²) in [6.07, 6.45) is 8.79. The molecule has 0 bridgehead atoms. The summed E-state index contributed by atoms with van der Waals surface area (Å²) in [6, 6.07) is 0. The minimum absolute atomic E-state index is 0.253. The number of esters is 2. The van der Waals surface area contributed by atoms with Gasteiger partial charge in [-0.15, -0.1) is 0 Å². The van der Waals surface area contributed by atoms with Crippen molar-refractivity contribution in [1.29, 1.82) is 0 Å². The maximum atomic E-state index is 12.6. The topological polar surface area (TPSA) is 97.4 Å². The van der Waals surface area contributed by atoms with Gasteiger partial charge in [0, 0.05) is 11.1 Å². The van der Waals surface area contributed by atoms with Crippen LogP contribution < -0.4 is 0 Å². The first kappa shape index (κ1) is 31.5. The molecule has 0 aromatic carbocycles. The molecule has 0 radical (unpaired) electrons. The predicted molar refractivity (Wildman–Crippen MR) is 129 cm³/mol. The van der Waals surface area contributed by atoms with E-state index in [0.717, 1.165) is 64.2 Å². The molecule has 0 fully saturated rings. The van der Waals surface area contributed by atoms with Crippen LogP contribution in [0, 0.1) is 0 Å². The zero-order chi connectivity index (χ0) is 25.0. The normalized spacial score (nSPS) is 11.2. The fourth-order valence-corrected chi connectivity index (χ4v) is 3.91. The molecule has 0 aliphatic heterocycles. The lowest BCUT2D eigenvalue weighted by atomic mass is 10.1. The number of carbonyl (C=O) groups excluding carboxylic acids is 2. The third-order valence-corrected chi connectivity index (χ3v) is 6.10. The number of hydrogen-bond donors (Lipinski definition) is 0. The molecule has 0 N–H and O–H groups in total. The van der Waals surface area contributed by atoms with Crippen LogP contribution >= 0.6 is 7.82 Å². The Kier molecular flexibility index (Phi) is 19.1. The van der Waals surface area contributed by atoms with Crippen molar-refractivity contribution in [2.45, 2.75) is 85.0 Å². The van der Waals surface area contributed by atoms with Gasteiger partial charge in [-0.1, -0.05) is 51.7 Å². The van der Waals surface area contributed by atoms with Gasteiger partial charge in [0.25, 0.3) is 0 Å². The standard InChI is InChI=1S/C24H43O8P/c1-6-30-33(27,31-19-15-11-7-9-13-17-28-23(25)21(2)3)32-20-16-12-8-10-14-18-29-24(26)22(4)5/h2,4,6-20H2,1,3,5H3. The second kappa shape index (κ2) is 20.0. The maximum Gasteiger partial charge on any atom is 0.474 e. The first-order valence-electron chi connectivity index (χ1n) is 11.9. The van der Waals surface area contributed by atoms with Crippen LogP contribution in [0.15, 0.2) is 24.3 Å². The van der Waals surface area contributed by atoms with Crippen LogP contribution in [0.25, 0.3) is 0 Å². The molecule has 0 aromatic rings. The largest absolute Gasteiger partial charge is 0.474 e. The second-order valence-corrected chi connectivity index (χ2v) is 9.57. The van der Waals surface area contributed by atoms with Crippen molar-refractivity contribution >= 4 is 19.8 Å². The number of phosphoric acid groups is 1. The van der Waals surface area contributed by atoms with Crippen molar-refractivity contribution in [2.24, 2.45) is 0 Å². The van der Waals surface area contributed by atoms with Crippen molar-refractivity contribution < 1.29 is 37.2 Å². The van der Waals surface area contributed by atoms with Crippen molar-refractivity contribution in [3.05, 3.63) is 24.3 Å². The highest BCUT2D eigenvalue weighted by molar-refractivity contribution is 7.48. The molecule has 0 heterocycles. The quantitative estimate of drug-likeness (QED) is 0.0754. The van der Waals surface area contributed by atoms with E-state index in [1.807, 2.05) is 0 Å². The van der Waals surface area contributed by atoms with Gasteiger partial charge in [-0.25, -0.2) is 14.2 Å². The Balaban J connectivity index is 3.75. The molecule has 33 heavy (non-hydrogen) atoms. The summed E-state index contributed by atoms with van der Waals surface area (Å²) in [6.45, 7) is 13.8. The Hall–Kier alpha value is -1.47. The third kappa shape index (κ3) is 18.6. The Bertz CT molecular complexity index is 584. The zero-order valence-corrected chi connectivity index (χ0v) is 21.6. The third-order valence-electron chi connectivity index (χ3n) is 4.53. The van der Waals surface area contributed by atoms with Gasteiger partial charge in [0.05, 0.1) is 33.0 Å². The molecule has 0 spiro atoms. The molecule has 0 aliphatic carbocycles. The summed E-state index contributed by atoms with van der Waals surface area (Å²) in [5, 5.41) is 0. The van der Waals surface area contributed by atoms with Gasteiger partial charge in [0.1, 0.15) is 0 Å². The van der Waals surface area contributed by atoms with Gasteiger partial charge in [-0.3, -0.25) is 13.6 Å². The second-order valence-electron chi connectivity index (χ2n) is 7.90. The van der Waals surface area contributed by atoms with E-state index in [0.29, 0.717) is 37.6 Å². The monoisotopic (exact) mass is 490 g/mol. The SMILES string of the molecule is C=C(C)C(=O)OCCCCCCCOP(=O)(OCC)OCCCCCCCOC(=O)C(=C)C. The highest BCUT2D eigenvalue weighted by atomic mass is 31.2. The molecule has 0 unspecified atom stereocenters. The van der Waals surface area contributed by atoms with Crippen LogP contribution in [0.1, 0.15) is 85.0 Å². The van der Waals surface area contributed by atoms with E-state index >= 15 is 0 Å². The van der Waals surface area contributed by atoms with Crippen molar-refractivity contribution in [1.82, 2.24) is 0 Å². The van der Waals surface area contributed by atoms with Crippen LogP contribution in [-0.4, -0.2) is 45.0 Å². The molecule has 9 heteroatoms. The molecule has 0 amide bonds. The van der Waals surface area contributed by atoms with Gasteiger partial charge in [0.2, 0.25) is 0 Å². The summed E-state index contributed by atoms with van der Waals surface area (Å²) < 4.78 is 38.8. The fraction of sp³-hybridized carbons (Fsp3) is 0.750. The zero-order valence-electron chi connectivity index (χ0n) is 20.7. The lowest BCUT2D eigenvalue weighted by Crippen LogP contribution is -2.06. The van der Waals surface area contributed by atoms with E-state index in [4.69, 9.17) is 23.0 Å². The average molecular weight is 491 g/mol. The van der Waals surface area contributed by atoms with Crippen molar-refractivity contribution in [3.63, 3.8) is 0 Å². The Morgan fingerprint density at radius 2 is 0.939 bits per heavy atom. The first-order valence-corrected chi connectivity index (χ1v) is 13.4. The molecule has 0 aromatic heterocycles. The van der Waals surface area contributed by atoms with E-state index in [9.17, 15) is 14.2 Å². The fourth-order valence-electron chi connectivity index (χ4n) is 2.67. The molecule has 192 valence electrons. The highest BCUT2D eigenvalue weighted by Crippen LogP contribution is 2.49. The van der Waals surface area contributed by atoms with E-state index in [-0.39, 0.29) is 18.5 Å². The predicted octanol–water partition coefficient (Wildman–Crippen LogP) is 6.30. The van der Waals surface area contributed by atoms with Crippen LogP contribution in [0.3, 0.4) is 0 Å². The Morgan fingerprint density at radius 3 is 1.27 bits per heavy atom. The Labute approximate surface area is 199 Å². The molecular formula is C24H43O8P. The lowest BCUT2D eigenvalue weighted by molar-refractivity contribution is -0.139. The van der Waals surface area contributed by atoms with E-state index < -0.39 is 7.82 Å². The van der Waals surface area contributed by atoms with Crippen LogP contribution in [0.5, 0.6) is 0 Å². The van der Waals surface area contributed by atoms with E-state index in [1.54, 1.807) is 20.8 Å². The molecular weight excluding hydrogens is 447 g/mol. The minimum Gasteiger partial charge on any atom is -0.462 e. The average Bonchev–Trinajstić information content (AvgIpc) is 2.76.